The predicted octanol–water partition coefficient (Wildman–Crippen LogP) is 2.95. The van der Waals surface area contributed by atoms with Gasteiger partial charge in [0.05, 0.1) is 4.88 Å². The molecule has 1 aliphatic heterocycles. The van der Waals surface area contributed by atoms with Gasteiger partial charge in [-0.3, -0.25) is 9.69 Å². The molecule has 8 heteroatoms. The number of amides is 1. The van der Waals surface area contributed by atoms with Crippen LogP contribution in [0.3, 0.4) is 0 Å². The summed E-state index contributed by atoms with van der Waals surface area (Å²) in [6.45, 7) is 4.27. The highest BCUT2D eigenvalue weighted by molar-refractivity contribution is 7.13. The average molecular weight is 413 g/mol. The molecule has 0 atom stereocenters. The van der Waals surface area contributed by atoms with Crippen LogP contribution in [-0.2, 0) is 11.2 Å². The molecule has 7 nitrogen and oxygen atoms in total. The van der Waals surface area contributed by atoms with E-state index >= 15 is 0 Å². The molecular weight excluding hydrogens is 388 g/mol. The Labute approximate surface area is 173 Å². The molecule has 0 radical (unpaired) electrons. The number of hydrogen-bond donors (Lipinski definition) is 0. The minimum atomic E-state index is 0.0421. The van der Waals surface area contributed by atoms with E-state index < -0.39 is 0 Å². The van der Waals surface area contributed by atoms with E-state index in [2.05, 4.69) is 15.0 Å². The molecule has 1 amide bonds. The molecule has 0 spiro atoms. The zero-order valence-corrected chi connectivity index (χ0v) is 17.0. The van der Waals surface area contributed by atoms with Crippen molar-refractivity contribution in [2.45, 2.75) is 12.8 Å². The number of aromatic nitrogens is 2. The van der Waals surface area contributed by atoms with Gasteiger partial charge >= 0.3 is 0 Å². The van der Waals surface area contributed by atoms with Gasteiger partial charge < -0.3 is 14.2 Å². The van der Waals surface area contributed by atoms with Crippen LogP contribution in [-0.4, -0.2) is 65.2 Å². The lowest BCUT2D eigenvalue weighted by atomic mass is 10.2. The highest BCUT2D eigenvalue weighted by atomic mass is 32.1. The minimum absolute atomic E-state index is 0.0421. The second kappa shape index (κ2) is 9.67. The maximum Gasteiger partial charge on any atom is 0.260 e. The quantitative estimate of drug-likeness (QED) is 0.566. The van der Waals surface area contributed by atoms with E-state index in [1.54, 1.807) is 11.3 Å². The molecule has 152 valence electrons. The summed E-state index contributed by atoms with van der Waals surface area (Å²) in [5.74, 6) is 2.11. The van der Waals surface area contributed by atoms with Crippen molar-refractivity contribution in [2.75, 3.05) is 39.3 Å². The van der Waals surface area contributed by atoms with Gasteiger partial charge in [-0.2, -0.15) is 4.98 Å². The summed E-state index contributed by atoms with van der Waals surface area (Å²) < 4.78 is 10.9. The van der Waals surface area contributed by atoms with E-state index in [4.69, 9.17) is 9.26 Å². The van der Waals surface area contributed by atoms with Crippen LogP contribution in [0, 0.1) is 0 Å². The minimum Gasteiger partial charge on any atom is -0.484 e. The van der Waals surface area contributed by atoms with Crippen molar-refractivity contribution in [2.24, 2.45) is 0 Å². The number of thiophene rings is 1. The van der Waals surface area contributed by atoms with Crippen LogP contribution in [0.15, 0.2) is 52.4 Å². The molecule has 0 N–H and O–H groups in total. The molecule has 0 saturated carbocycles. The maximum atomic E-state index is 12.3. The van der Waals surface area contributed by atoms with Crippen LogP contribution < -0.4 is 4.74 Å². The summed E-state index contributed by atoms with van der Waals surface area (Å²) in [5.41, 5.74) is 0. The second-order valence-corrected chi connectivity index (χ2v) is 7.86. The number of ether oxygens (including phenoxy) is 1. The number of carbonyl (C=O) groups excluding carboxylic acids is 1. The fourth-order valence-corrected chi connectivity index (χ4v) is 3.94. The molecule has 1 fully saturated rings. The molecule has 0 bridgehead atoms. The summed E-state index contributed by atoms with van der Waals surface area (Å²) in [4.78, 5) is 22.1. The van der Waals surface area contributed by atoms with Crippen molar-refractivity contribution in [3.8, 4) is 16.5 Å². The number of benzene rings is 1. The van der Waals surface area contributed by atoms with E-state index in [1.165, 1.54) is 0 Å². The Morgan fingerprint density at radius 3 is 2.69 bits per heavy atom. The fourth-order valence-electron chi connectivity index (χ4n) is 3.29. The van der Waals surface area contributed by atoms with Gasteiger partial charge in [0, 0.05) is 32.6 Å². The SMILES string of the molecule is O=C(COc1ccccc1)N1CCN(CCCc2nc(-c3cccs3)no2)CC1. The standard InChI is InChI=1S/C21H24N4O3S/c26-20(16-27-17-6-2-1-3-7-17)25-13-11-24(12-14-25)10-4-9-19-22-21(23-28-19)18-8-5-15-29-18/h1-3,5-8,15H,4,9-14,16H2. The molecule has 1 saturated heterocycles. The van der Waals surface area contributed by atoms with Gasteiger partial charge in [-0.25, -0.2) is 0 Å². The number of rotatable bonds is 8. The molecule has 2 aromatic heterocycles. The normalized spacial score (nSPS) is 14.8. The van der Waals surface area contributed by atoms with Crippen LogP contribution in [0.1, 0.15) is 12.3 Å². The van der Waals surface area contributed by atoms with Crippen molar-refractivity contribution in [3.63, 3.8) is 0 Å². The first kappa shape index (κ1) is 19.6. The summed E-state index contributed by atoms with van der Waals surface area (Å²) in [7, 11) is 0. The van der Waals surface area contributed by atoms with Gasteiger partial charge in [0.1, 0.15) is 5.75 Å². The molecular formula is C21H24N4O3S. The molecule has 1 aromatic carbocycles. The Hall–Kier alpha value is -2.71. The Morgan fingerprint density at radius 1 is 1.10 bits per heavy atom. The predicted molar refractivity (Wildman–Crippen MR) is 111 cm³/mol. The summed E-state index contributed by atoms with van der Waals surface area (Å²) in [6.07, 6.45) is 1.72. The Bertz CT molecular complexity index is 890. The summed E-state index contributed by atoms with van der Waals surface area (Å²) in [6, 6.07) is 13.4. The first-order valence-corrected chi connectivity index (χ1v) is 10.7. The number of carbonyl (C=O) groups is 1. The van der Waals surface area contributed by atoms with E-state index in [-0.39, 0.29) is 12.5 Å². The third-order valence-corrected chi connectivity index (χ3v) is 5.77. The first-order chi connectivity index (χ1) is 14.3. The highest BCUT2D eigenvalue weighted by Crippen LogP contribution is 2.21. The van der Waals surface area contributed by atoms with E-state index in [1.807, 2.05) is 52.7 Å². The van der Waals surface area contributed by atoms with Gasteiger partial charge in [-0.05, 0) is 36.5 Å². The van der Waals surface area contributed by atoms with Crippen LogP contribution >= 0.6 is 11.3 Å². The van der Waals surface area contributed by atoms with Gasteiger partial charge in [-0.15, -0.1) is 11.3 Å². The van der Waals surface area contributed by atoms with Crippen LogP contribution in [0.4, 0.5) is 0 Å². The molecule has 29 heavy (non-hydrogen) atoms. The lowest BCUT2D eigenvalue weighted by molar-refractivity contribution is -0.135. The molecule has 1 aliphatic rings. The zero-order chi connectivity index (χ0) is 19.9. The Kier molecular flexibility index (Phi) is 6.53. The van der Waals surface area contributed by atoms with Crippen LogP contribution in [0.5, 0.6) is 5.75 Å². The number of hydrogen-bond acceptors (Lipinski definition) is 7. The third-order valence-electron chi connectivity index (χ3n) is 4.91. The number of para-hydroxylation sites is 1. The summed E-state index contributed by atoms with van der Waals surface area (Å²) in [5, 5.41) is 6.05. The molecule has 4 rings (SSSR count). The van der Waals surface area contributed by atoms with Gasteiger partial charge in [0.25, 0.3) is 5.91 Å². The average Bonchev–Trinajstić information content (AvgIpc) is 3.45. The van der Waals surface area contributed by atoms with Gasteiger partial charge in [-0.1, -0.05) is 29.4 Å². The van der Waals surface area contributed by atoms with Gasteiger partial charge in [0.2, 0.25) is 11.7 Å². The third kappa shape index (κ3) is 5.42. The monoisotopic (exact) mass is 412 g/mol. The topological polar surface area (TPSA) is 71.7 Å². The van der Waals surface area contributed by atoms with E-state index in [9.17, 15) is 4.79 Å². The number of nitrogens with zero attached hydrogens (tertiary/aromatic N) is 4. The number of aryl methyl sites for hydroxylation is 1. The number of piperazine rings is 1. The summed E-state index contributed by atoms with van der Waals surface area (Å²) >= 11 is 1.61. The lowest BCUT2D eigenvalue weighted by Gasteiger charge is -2.34. The molecule has 0 unspecified atom stereocenters. The van der Waals surface area contributed by atoms with Crippen molar-refractivity contribution in [1.29, 1.82) is 0 Å². The van der Waals surface area contributed by atoms with Crippen molar-refractivity contribution in [3.05, 3.63) is 53.7 Å². The van der Waals surface area contributed by atoms with E-state index in [0.717, 1.165) is 56.2 Å². The van der Waals surface area contributed by atoms with E-state index in [0.29, 0.717) is 11.7 Å². The Morgan fingerprint density at radius 2 is 1.93 bits per heavy atom. The molecule has 3 aromatic rings. The second-order valence-electron chi connectivity index (χ2n) is 6.92. The lowest BCUT2D eigenvalue weighted by Crippen LogP contribution is -2.50. The largest absolute Gasteiger partial charge is 0.484 e. The van der Waals surface area contributed by atoms with Crippen LogP contribution in [0.2, 0.25) is 0 Å². The van der Waals surface area contributed by atoms with Crippen LogP contribution in [0.25, 0.3) is 10.7 Å². The zero-order valence-electron chi connectivity index (χ0n) is 16.2. The molecule has 0 aliphatic carbocycles. The smallest absolute Gasteiger partial charge is 0.260 e. The Balaban J connectivity index is 1.14. The van der Waals surface area contributed by atoms with Crippen molar-refractivity contribution >= 4 is 17.2 Å². The van der Waals surface area contributed by atoms with Gasteiger partial charge in [0.15, 0.2) is 6.61 Å². The highest BCUT2D eigenvalue weighted by Gasteiger charge is 2.21. The fraction of sp³-hybridized carbons (Fsp3) is 0.381. The first-order valence-electron chi connectivity index (χ1n) is 9.82. The van der Waals surface area contributed by atoms with Crippen molar-refractivity contribution in [1.82, 2.24) is 19.9 Å². The maximum absolute atomic E-state index is 12.3. The molecule has 3 heterocycles. The van der Waals surface area contributed by atoms with Crippen molar-refractivity contribution < 1.29 is 14.1 Å².